The topological polar surface area (TPSA) is 96.9 Å². The number of nitrogens with zero attached hydrogens (tertiary/aromatic N) is 1. The summed E-state index contributed by atoms with van der Waals surface area (Å²) in [5.74, 6) is -0.948. The first-order valence-electron chi connectivity index (χ1n) is 7.91. The summed E-state index contributed by atoms with van der Waals surface area (Å²) < 4.78 is 63.7. The average Bonchev–Trinajstić information content (AvgIpc) is 2.62. The van der Waals surface area contributed by atoms with E-state index in [9.17, 15) is 26.4 Å². The van der Waals surface area contributed by atoms with Gasteiger partial charge in [0.1, 0.15) is 5.75 Å². The number of carbonyl (C=O) groups is 1. The largest absolute Gasteiger partial charge is 0.534 e. The summed E-state index contributed by atoms with van der Waals surface area (Å²) in [5.41, 5.74) is -1.86. The van der Waals surface area contributed by atoms with Crippen molar-refractivity contribution in [1.29, 1.82) is 0 Å². The van der Waals surface area contributed by atoms with Crippen molar-refractivity contribution in [3.05, 3.63) is 64.7 Å². The van der Waals surface area contributed by atoms with Crippen LogP contribution < -0.4 is 14.9 Å². The second kappa shape index (κ2) is 9.41. The number of thiocarbonyl (C=S) groups is 1. The quantitative estimate of drug-likeness (QED) is 0.224. The van der Waals surface area contributed by atoms with E-state index < -0.39 is 27.3 Å². The van der Waals surface area contributed by atoms with Gasteiger partial charge in [0, 0.05) is 23.1 Å². The predicted molar refractivity (Wildman–Crippen MR) is 109 cm³/mol. The summed E-state index contributed by atoms with van der Waals surface area (Å²) in [6, 6.07) is 11.1. The van der Waals surface area contributed by atoms with Gasteiger partial charge in [-0.25, -0.2) is 0 Å². The highest BCUT2D eigenvalue weighted by atomic mass is 35.5. The number of rotatable bonds is 5. The minimum absolute atomic E-state index is 0.0785. The molecule has 0 aliphatic rings. The van der Waals surface area contributed by atoms with Crippen LogP contribution in [-0.2, 0) is 14.9 Å². The molecule has 0 aliphatic heterocycles. The molecule has 2 N–H and O–H groups in total. The second-order valence-corrected chi connectivity index (χ2v) is 7.98. The Morgan fingerprint density at radius 1 is 1.07 bits per heavy atom. The van der Waals surface area contributed by atoms with E-state index >= 15 is 0 Å². The number of hydrogen-bond donors (Lipinski definition) is 2. The number of amides is 1. The number of halogens is 4. The lowest BCUT2D eigenvalue weighted by Crippen LogP contribution is -2.35. The lowest BCUT2D eigenvalue weighted by Gasteiger charge is -2.12. The Hall–Kier alpha value is -2.70. The molecule has 30 heavy (non-hydrogen) atoms. The van der Waals surface area contributed by atoms with Crippen molar-refractivity contribution in [2.24, 2.45) is 5.10 Å². The van der Waals surface area contributed by atoms with Gasteiger partial charge < -0.3 is 9.50 Å². The van der Waals surface area contributed by atoms with Crippen molar-refractivity contribution in [2.75, 3.05) is 0 Å². The zero-order valence-corrected chi connectivity index (χ0v) is 17.4. The molecule has 0 aromatic heterocycles. The van der Waals surface area contributed by atoms with Crippen molar-refractivity contribution < 1.29 is 30.6 Å². The fraction of sp³-hybridized carbons (Fsp3) is 0.118. The van der Waals surface area contributed by atoms with Gasteiger partial charge in [-0.1, -0.05) is 23.7 Å². The smallest absolute Gasteiger partial charge is 0.376 e. The van der Waals surface area contributed by atoms with E-state index in [1.165, 1.54) is 19.1 Å². The van der Waals surface area contributed by atoms with Crippen molar-refractivity contribution in [3.63, 3.8) is 0 Å². The van der Waals surface area contributed by atoms with Crippen LogP contribution in [0.15, 0.2) is 53.6 Å². The third kappa shape index (κ3) is 6.40. The number of alkyl halides is 3. The SMILES string of the molecule is CC(=O)NC(=S)N/N=C(\c1ccc(Cl)cc1)c1ccc(OS(=O)(=O)C(F)(F)F)cc1. The van der Waals surface area contributed by atoms with E-state index in [0.717, 1.165) is 12.1 Å². The van der Waals surface area contributed by atoms with E-state index in [1.807, 2.05) is 0 Å². The molecule has 1 amide bonds. The molecule has 0 bridgehead atoms. The summed E-state index contributed by atoms with van der Waals surface area (Å²) in [5, 5.41) is 6.82. The highest BCUT2D eigenvalue weighted by Gasteiger charge is 2.48. The third-order valence-electron chi connectivity index (χ3n) is 3.29. The molecule has 7 nitrogen and oxygen atoms in total. The molecule has 0 aliphatic carbocycles. The fourth-order valence-electron chi connectivity index (χ4n) is 2.04. The van der Waals surface area contributed by atoms with Crippen LogP contribution in [-0.4, -0.2) is 30.7 Å². The Morgan fingerprint density at radius 2 is 1.57 bits per heavy atom. The zero-order valence-electron chi connectivity index (χ0n) is 15.0. The van der Waals surface area contributed by atoms with Crippen LogP contribution >= 0.6 is 23.8 Å². The Bertz CT molecular complexity index is 1070. The molecular weight excluding hydrogens is 467 g/mol. The molecule has 0 spiro atoms. The zero-order chi connectivity index (χ0) is 22.5. The van der Waals surface area contributed by atoms with Gasteiger partial charge in [0.25, 0.3) is 0 Å². The van der Waals surface area contributed by atoms with Gasteiger partial charge in [0.05, 0.1) is 5.71 Å². The van der Waals surface area contributed by atoms with Crippen LogP contribution in [0.1, 0.15) is 18.1 Å². The van der Waals surface area contributed by atoms with Crippen LogP contribution in [0.3, 0.4) is 0 Å². The van der Waals surface area contributed by atoms with Gasteiger partial charge >= 0.3 is 15.6 Å². The molecule has 0 fully saturated rings. The van der Waals surface area contributed by atoms with Crippen LogP contribution in [0.4, 0.5) is 13.2 Å². The van der Waals surface area contributed by atoms with E-state index in [2.05, 4.69) is 20.0 Å². The first-order valence-corrected chi connectivity index (χ1v) is 10.1. The van der Waals surface area contributed by atoms with Crippen molar-refractivity contribution in [3.8, 4) is 5.75 Å². The maximum atomic E-state index is 12.5. The normalized spacial score (nSPS) is 12.2. The molecule has 0 saturated heterocycles. The monoisotopic (exact) mass is 479 g/mol. The van der Waals surface area contributed by atoms with Gasteiger partial charge in [-0.15, -0.1) is 0 Å². The Labute approximate surface area is 180 Å². The minimum Gasteiger partial charge on any atom is -0.376 e. The van der Waals surface area contributed by atoms with E-state index in [0.29, 0.717) is 16.1 Å². The summed E-state index contributed by atoms with van der Waals surface area (Å²) in [6.45, 7) is 1.26. The second-order valence-electron chi connectivity index (χ2n) is 5.60. The summed E-state index contributed by atoms with van der Waals surface area (Å²) >= 11 is 10.8. The maximum Gasteiger partial charge on any atom is 0.534 e. The van der Waals surface area contributed by atoms with Crippen molar-refractivity contribution >= 4 is 50.7 Å². The van der Waals surface area contributed by atoms with Crippen LogP contribution in [0.5, 0.6) is 5.75 Å². The van der Waals surface area contributed by atoms with Crippen molar-refractivity contribution in [2.45, 2.75) is 12.4 Å². The fourth-order valence-corrected chi connectivity index (χ4v) is 2.81. The first-order chi connectivity index (χ1) is 13.9. The standard InChI is InChI=1S/C17H13ClF3N3O4S2/c1-10(25)22-16(29)24-23-15(11-2-6-13(18)7-3-11)12-4-8-14(9-5-12)28-30(26,27)17(19,20)21/h2-9H,1H3,(H2,22,24,25,29)/b23-15+. The predicted octanol–water partition coefficient (Wildman–Crippen LogP) is 3.33. The molecule has 0 heterocycles. The molecule has 2 aromatic carbocycles. The number of benzene rings is 2. The van der Waals surface area contributed by atoms with Gasteiger partial charge in [-0.3, -0.25) is 10.2 Å². The maximum absolute atomic E-state index is 12.5. The number of hydrazone groups is 1. The van der Waals surface area contributed by atoms with Gasteiger partial charge in [-0.05, 0) is 48.6 Å². The first kappa shape index (κ1) is 23.6. The van der Waals surface area contributed by atoms with Crippen molar-refractivity contribution in [1.82, 2.24) is 10.7 Å². The van der Waals surface area contributed by atoms with Crippen LogP contribution in [0, 0.1) is 0 Å². The minimum atomic E-state index is -5.79. The van der Waals surface area contributed by atoms with Crippen LogP contribution in [0.25, 0.3) is 0 Å². The molecule has 160 valence electrons. The van der Waals surface area contributed by atoms with Gasteiger partial charge in [-0.2, -0.15) is 26.7 Å². The number of nitrogens with one attached hydrogen (secondary N) is 2. The third-order valence-corrected chi connectivity index (χ3v) is 4.72. The average molecular weight is 480 g/mol. The van der Waals surface area contributed by atoms with Crippen LogP contribution in [0.2, 0.25) is 5.02 Å². The number of carbonyl (C=O) groups excluding carboxylic acids is 1. The van der Waals surface area contributed by atoms with E-state index in [-0.39, 0.29) is 10.8 Å². The molecule has 0 radical (unpaired) electrons. The summed E-state index contributed by atoms with van der Waals surface area (Å²) in [4.78, 5) is 11.1. The molecule has 2 rings (SSSR count). The molecule has 13 heteroatoms. The Morgan fingerprint density at radius 3 is 2.03 bits per heavy atom. The lowest BCUT2D eigenvalue weighted by atomic mass is 10.0. The van der Waals surface area contributed by atoms with Gasteiger partial charge in [0.2, 0.25) is 5.91 Å². The lowest BCUT2D eigenvalue weighted by molar-refractivity contribution is -0.117. The molecule has 2 aromatic rings. The van der Waals surface area contributed by atoms with Gasteiger partial charge in [0.15, 0.2) is 5.11 Å². The van der Waals surface area contributed by atoms with E-state index in [4.69, 9.17) is 23.8 Å². The summed E-state index contributed by atoms with van der Waals surface area (Å²) in [6.07, 6.45) is 0. The molecule has 0 atom stereocenters. The van der Waals surface area contributed by atoms with E-state index in [1.54, 1.807) is 24.3 Å². The molecule has 0 saturated carbocycles. The molecule has 0 unspecified atom stereocenters. The Kier molecular flexibility index (Phi) is 7.39. The summed E-state index contributed by atoms with van der Waals surface area (Å²) in [7, 11) is -5.79. The highest BCUT2D eigenvalue weighted by molar-refractivity contribution is 7.88. The number of hydrogen-bond acceptors (Lipinski definition) is 6. The highest BCUT2D eigenvalue weighted by Crippen LogP contribution is 2.27. The molecular formula is C17H13ClF3N3O4S2. The Balaban J connectivity index is 2.35.